The average Bonchev–Trinajstić information content (AvgIpc) is 3.31. The van der Waals surface area contributed by atoms with E-state index in [-0.39, 0.29) is 18.4 Å². The van der Waals surface area contributed by atoms with Gasteiger partial charge in [-0.3, -0.25) is 14.5 Å². The van der Waals surface area contributed by atoms with E-state index >= 15 is 0 Å². The van der Waals surface area contributed by atoms with E-state index in [1.54, 1.807) is 4.90 Å². The van der Waals surface area contributed by atoms with E-state index in [0.29, 0.717) is 35.5 Å². The van der Waals surface area contributed by atoms with Crippen LogP contribution in [0.5, 0.6) is 0 Å². The van der Waals surface area contributed by atoms with Crippen LogP contribution in [0, 0.1) is 0 Å². The number of amides is 2. The van der Waals surface area contributed by atoms with Gasteiger partial charge in [0.05, 0.1) is 23.8 Å². The van der Waals surface area contributed by atoms with Gasteiger partial charge >= 0.3 is 0 Å². The number of rotatable bonds is 4. The fourth-order valence-electron chi connectivity index (χ4n) is 3.99. The standard InChI is InChI=1S/C24H21N3O3S2/c28-22(25-10-12-30-13-11-25)16-26-15-17(19-8-4-5-9-20(19)26)14-21-23(29)27(24(31)32-21)18-6-2-1-3-7-18/h1-9,14-15H,10-13,16H2/b21-14-. The molecule has 0 bridgehead atoms. The second-order valence-corrected chi connectivity index (χ2v) is 9.25. The maximum absolute atomic E-state index is 13.1. The zero-order valence-electron chi connectivity index (χ0n) is 17.3. The molecule has 2 aliphatic rings. The van der Waals surface area contributed by atoms with E-state index in [9.17, 15) is 9.59 Å². The minimum absolute atomic E-state index is 0.0657. The second-order valence-electron chi connectivity index (χ2n) is 7.58. The Labute approximate surface area is 195 Å². The second kappa shape index (κ2) is 8.90. The first-order valence-corrected chi connectivity index (χ1v) is 11.6. The summed E-state index contributed by atoms with van der Waals surface area (Å²) in [5, 5.41) is 0.993. The molecule has 0 unspecified atom stereocenters. The molecule has 2 saturated heterocycles. The molecule has 8 heteroatoms. The minimum Gasteiger partial charge on any atom is -0.378 e. The lowest BCUT2D eigenvalue weighted by Gasteiger charge is -2.27. The van der Waals surface area contributed by atoms with Crippen molar-refractivity contribution in [2.24, 2.45) is 0 Å². The number of aromatic nitrogens is 1. The van der Waals surface area contributed by atoms with Crippen molar-refractivity contribution in [1.82, 2.24) is 9.47 Å². The molecule has 0 radical (unpaired) electrons. The number of anilines is 1. The summed E-state index contributed by atoms with van der Waals surface area (Å²) in [4.78, 5) is 29.9. The normalized spacial score (nSPS) is 18.2. The molecule has 2 fully saturated rings. The van der Waals surface area contributed by atoms with Gasteiger partial charge in [0.15, 0.2) is 4.32 Å². The molecule has 162 valence electrons. The van der Waals surface area contributed by atoms with E-state index in [0.717, 1.165) is 22.2 Å². The molecule has 3 heterocycles. The van der Waals surface area contributed by atoms with Crippen molar-refractivity contribution in [2.45, 2.75) is 6.54 Å². The molecule has 3 aromatic rings. The highest BCUT2D eigenvalue weighted by Gasteiger charge is 2.33. The van der Waals surface area contributed by atoms with Crippen LogP contribution in [0.25, 0.3) is 17.0 Å². The predicted octanol–water partition coefficient (Wildman–Crippen LogP) is 3.91. The molecule has 0 N–H and O–H groups in total. The maximum Gasteiger partial charge on any atom is 0.270 e. The first kappa shape index (κ1) is 20.9. The van der Waals surface area contributed by atoms with Gasteiger partial charge in [-0.25, -0.2) is 0 Å². The minimum atomic E-state index is -0.132. The number of hydrogen-bond donors (Lipinski definition) is 0. The van der Waals surface area contributed by atoms with Crippen LogP contribution in [-0.2, 0) is 20.9 Å². The fraction of sp³-hybridized carbons (Fsp3) is 0.208. The lowest BCUT2D eigenvalue weighted by molar-refractivity contribution is -0.135. The Morgan fingerprint density at radius 2 is 1.78 bits per heavy atom. The van der Waals surface area contributed by atoms with Crippen LogP contribution in [0.15, 0.2) is 65.7 Å². The van der Waals surface area contributed by atoms with Crippen LogP contribution in [-0.4, -0.2) is 51.9 Å². The molecule has 2 aromatic carbocycles. The van der Waals surface area contributed by atoms with Crippen molar-refractivity contribution in [3.05, 3.63) is 71.3 Å². The third-order valence-electron chi connectivity index (χ3n) is 5.58. The number of para-hydroxylation sites is 2. The van der Waals surface area contributed by atoms with Gasteiger partial charge in [0.2, 0.25) is 5.91 Å². The van der Waals surface area contributed by atoms with Gasteiger partial charge in [-0.05, 0) is 24.3 Å². The summed E-state index contributed by atoms with van der Waals surface area (Å²) < 4.78 is 7.82. The smallest absolute Gasteiger partial charge is 0.270 e. The number of benzene rings is 2. The van der Waals surface area contributed by atoms with Crippen LogP contribution in [0.2, 0.25) is 0 Å². The summed E-state index contributed by atoms with van der Waals surface area (Å²) in [5.74, 6) is -0.0663. The fourth-order valence-corrected chi connectivity index (χ4v) is 5.28. The van der Waals surface area contributed by atoms with Gasteiger partial charge in [-0.1, -0.05) is 60.4 Å². The number of nitrogens with zero attached hydrogens (tertiary/aromatic N) is 3. The van der Waals surface area contributed by atoms with Gasteiger partial charge in [-0.15, -0.1) is 0 Å². The van der Waals surface area contributed by atoms with Crippen molar-refractivity contribution < 1.29 is 14.3 Å². The quantitative estimate of drug-likeness (QED) is 0.434. The molecule has 0 saturated carbocycles. The van der Waals surface area contributed by atoms with E-state index in [2.05, 4.69) is 0 Å². The molecule has 1 aromatic heterocycles. The summed E-state index contributed by atoms with van der Waals surface area (Å²) >= 11 is 6.78. The Balaban J connectivity index is 1.46. The summed E-state index contributed by atoms with van der Waals surface area (Å²) in [5.41, 5.74) is 2.61. The number of ether oxygens (including phenoxy) is 1. The summed E-state index contributed by atoms with van der Waals surface area (Å²) in [6.07, 6.45) is 3.82. The molecular weight excluding hydrogens is 442 g/mol. The molecule has 0 atom stereocenters. The van der Waals surface area contributed by atoms with E-state index in [4.69, 9.17) is 17.0 Å². The van der Waals surface area contributed by atoms with Gasteiger partial charge in [-0.2, -0.15) is 0 Å². The van der Waals surface area contributed by atoms with Crippen molar-refractivity contribution >= 4 is 62.8 Å². The number of carbonyl (C=O) groups excluding carboxylic acids is 2. The summed E-state index contributed by atoms with van der Waals surface area (Å²) in [6.45, 7) is 2.64. The molecule has 2 aliphatic heterocycles. The first-order chi connectivity index (χ1) is 15.6. The Morgan fingerprint density at radius 1 is 1.06 bits per heavy atom. The summed E-state index contributed by atoms with van der Waals surface area (Å²) in [6, 6.07) is 17.3. The SMILES string of the molecule is O=C(Cn1cc(/C=C2\SC(=S)N(c3ccccc3)C2=O)c2ccccc21)N1CCOCC1. The molecule has 0 aliphatic carbocycles. The zero-order chi connectivity index (χ0) is 22.1. The molecule has 6 nitrogen and oxygen atoms in total. The van der Waals surface area contributed by atoms with Crippen LogP contribution in [0.3, 0.4) is 0 Å². The number of morpholine rings is 1. The Morgan fingerprint density at radius 3 is 2.56 bits per heavy atom. The number of fused-ring (bicyclic) bond motifs is 1. The summed E-state index contributed by atoms with van der Waals surface area (Å²) in [7, 11) is 0. The Bertz CT molecular complexity index is 1230. The number of thiocarbonyl (C=S) groups is 1. The highest BCUT2D eigenvalue weighted by Crippen LogP contribution is 2.37. The third-order valence-corrected chi connectivity index (χ3v) is 6.89. The number of carbonyl (C=O) groups is 2. The lowest BCUT2D eigenvalue weighted by atomic mass is 10.1. The molecule has 5 rings (SSSR count). The lowest BCUT2D eigenvalue weighted by Crippen LogP contribution is -2.42. The average molecular weight is 464 g/mol. The zero-order valence-corrected chi connectivity index (χ0v) is 18.9. The maximum atomic E-state index is 13.1. The van der Waals surface area contributed by atoms with Crippen LogP contribution >= 0.6 is 24.0 Å². The van der Waals surface area contributed by atoms with E-state index in [1.807, 2.05) is 76.3 Å². The monoisotopic (exact) mass is 463 g/mol. The number of hydrogen-bond acceptors (Lipinski definition) is 5. The molecule has 0 spiro atoms. The largest absolute Gasteiger partial charge is 0.378 e. The van der Waals surface area contributed by atoms with Crippen LogP contribution in [0.1, 0.15) is 5.56 Å². The van der Waals surface area contributed by atoms with Crippen molar-refractivity contribution in [3.8, 4) is 0 Å². The van der Waals surface area contributed by atoms with Crippen molar-refractivity contribution in [3.63, 3.8) is 0 Å². The van der Waals surface area contributed by atoms with Crippen LogP contribution < -0.4 is 4.90 Å². The van der Waals surface area contributed by atoms with E-state index < -0.39 is 0 Å². The highest BCUT2D eigenvalue weighted by molar-refractivity contribution is 8.27. The number of thioether (sulfide) groups is 1. The first-order valence-electron chi connectivity index (χ1n) is 10.4. The van der Waals surface area contributed by atoms with Crippen molar-refractivity contribution in [2.75, 3.05) is 31.2 Å². The molecule has 32 heavy (non-hydrogen) atoms. The van der Waals surface area contributed by atoms with E-state index in [1.165, 1.54) is 11.8 Å². The van der Waals surface area contributed by atoms with Crippen LogP contribution in [0.4, 0.5) is 5.69 Å². The van der Waals surface area contributed by atoms with Crippen molar-refractivity contribution in [1.29, 1.82) is 0 Å². The van der Waals surface area contributed by atoms with Gasteiger partial charge < -0.3 is 14.2 Å². The van der Waals surface area contributed by atoms with Gasteiger partial charge in [0.25, 0.3) is 5.91 Å². The predicted molar refractivity (Wildman–Crippen MR) is 131 cm³/mol. The topological polar surface area (TPSA) is 54.8 Å². The Kier molecular flexibility index (Phi) is 5.82. The molecule has 2 amide bonds. The Hall–Kier alpha value is -2.94. The molecular formula is C24H21N3O3S2. The third kappa shape index (κ3) is 3.97. The van der Waals surface area contributed by atoms with Gasteiger partial charge in [0, 0.05) is 35.8 Å². The highest BCUT2D eigenvalue weighted by atomic mass is 32.2. The van der Waals surface area contributed by atoms with Gasteiger partial charge in [0.1, 0.15) is 6.54 Å².